The molecule has 1 fully saturated rings. The highest BCUT2D eigenvalue weighted by Gasteiger charge is 2.47. The average molecular weight is 570 g/mol. The van der Waals surface area contributed by atoms with E-state index in [4.69, 9.17) is 37.4 Å². The standard InChI is InChI=1S/C29H25Cl2NO7/c1-4-13-39-29(36)17-11-8-12-18(14-17)32-23(16-9-6-5-7-10-16)21(25(34)28(32)35)24(33)19-15-20(30)27(38-3)22(31)26(19)37-2/h5-12,14-15,23,33H,4,13H2,1-3H3/b24-21+. The quantitative estimate of drug-likeness (QED) is 0.149. The summed E-state index contributed by atoms with van der Waals surface area (Å²) in [6, 6.07) is 15.2. The van der Waals surface area contributed by atoms with Crippen LogP contribution in [0, 0.1) is 0 Å². The molecule has 10 heteroatoms. The van der Waals surface area contributed by atoms with Crippen LogP contribution in [-0.2, 0) is 14.3 Å². The van der Waals surface area contributed by atoms with Crippen molar-refractivity contribution in [2.24, 2.45) is 0 Å². The molecule has 3 aromatic rings. The SMILES string of the molecule is CCCOC(=O)c1cccc(N2C(=O)C(=O)/C(=C(/O)c3cc(Cl)c(OC)c(Cl)c3OC)C2c2ccccc2)c1. The van der Waals surface area contributed by atoms with E-state index in [1.165, 1.54) is 31.3 Å². The highest BCUT2D eigenvalue weighted by Crippen LogP contribution is 2.48. The van der Waals surface area contributed by atoms with Gasteiger partial charge >= 0.3 is 5.97 Å². The fourth-order valence-corrected chi connectivity index (χ4v) is 5.09. The van der Waals surface area contributed by atoms with Crippen molar-refractivity contribution in [3.05, 3.63) is 93.0 Å². The van der Waals surface area contributed by atoms with Gasteiger partial charge in [0.1, 0.15) is 10.8 Å². The number of benzene rings is 3. The molecule has 39 heavy (non-hydrogen) atoms. The predicted octanol–water partition coefficient (Wildman–Crippen LogP) is 6.20. The number of methoxy groups -OCH3 is 2. The number of ether oxygens (including phenoxy) is 3. The van der Waals surface area contributed by atoms with Crippen molar-refractivity contribution in [2.45, 2.75) is 19.4 Å². The maximum Gasteiger partial charge on any atom is 0.338 e. The summed E-state index contributed by atoms with van der Waals surface area (Å²) in [5, 5.41) is 11.6. The van der Waals surface area contributed by atoms with Crippen LogP contribution >= 0.6 is 23.2 Å². The Morgan fingerprint density at radius 3 is 2.31 bits per heavy atom. The van der Waals surface area contributed by atoms with Gasteiger partial charge in [0.2, 0.25) is 0 Å². The van der Waals surface area contributed by atoms with Gasteiger partial charge < -0.3 is 19.3 Å². The normalized spacial score (nSPS) is 16.3. The van der Waals surface area contributed by atoms with Crippen LogP contribution in [0.5, 0.6) is 11.5 Å². The Hall–Kier alpha value is -4.01. The lowest BCUT2D eigenvalue weighted by molar-refractivity contribution is -0.132. The van der Waals surface area contributed by atoms with Gasteiger partial charge in [-0.3, -0.25) is 14.5 Å². The number of hydrogen-bond acceptors (Lipinski definition) is 7. The van der Waals surface area contributed by atoms with E-state index >= 15 is 0 Å². The summed E-state index contributed by atoms with van der Waals surface area (Å²) in [4.78, 5) is 40.8. The van der Waals surface area contributed by atoms with E-state index in [1.54, 1.807) is 48.5 Å². The maximum atomic E-state index is 13.5. The van der Waals surface area contributed by atoms with E-state index in [9.17, 15) is 19.5 Å². The summed E-state index contributed by atoms with van der Waals surface area (Å²) in [6.07, 6.45) is 0.650. The monoisotopic (exact) mass is 569 g/mol. The molecule has 1 heterocycles. The Kier molecular flexibility index (Phi) is 8.47. The van der Waals surface area contributed by atoms with Gasteiger partial charge in [-0.25, -0.2) is 4.79 Å². The van der Waals surface area contributed by atoms with Crippen molar-refractivity contribution in [1.82, 2.24) is 0 Å². The first kappa shape index (κ1) is 28.0. The lowest BCUT2D eigenvalue weighted by Crippen LogP contribution is -2.29. The number of hydrogen-bond donors (Lipinski definition) is 1. The first-order valence-electron chi connectivity index (χ1n) is 12.0. The molecule has 1 saturated heterocycles. The number of carbonyl (C=O) groups excluding carboxylic acids is 3. The number of aliphatic hydroxyl groups excluding tert-OH is 1. The summed E-state index contributed by atoms with van der Waals surface area (Å²) in [5.74, 6) is -2.79. The van der Waals surface area contributed by atoms with Crippen LogP contribution in [0.3, 0.4) is 0 Å². The summed E-state index contributed by atoms with van der Waals surface area (Å²) in [5.41, 5.74) is 0.825. The van der Waals surface area contributed by atoms with Gasteiger partial charge in [-0.05, 0) is 36.2 Å². The van der Waals surface area contributed by atoms with E-state index < -0.39 is 29.5 Å². The van der Waals surface area contributed by atoms with Crippen molar-refractivity contribution < 1.29 is 33.7 Å². The lowest BCUT2D eigenvalue weighted by atomic mass is 9.94. The molecule has 1 atom stereocenters. The summed E-state index contributed by atoms with van der Waals surface area (Å²) < 4.78 is 15.9. The number of Topliss-reactive ketones (excluding diaryl/α,β-unsaturated/α-hetero) is 1. The minimum atomic E-state index is -1.04. The van der Waals surface area contributed by atoms with Crippen molar-refractivity contribution in [3.8, 4) is 11.5 Å². The van der Waals surface area contributed by atoms with Gasteiger partial charge in [0, 0.05) is 5.69 Å². The van der Waals surface area contributed by atoms with Crippen molar-refractivity contribution >= 4 is 52.3 Å². The van der Waals surface area contributed by atoms with E-state index in [0.717, 1.165) is 0 Å². The van der Waals surface area contributed by atoms with Gasteiger partial charge in [-0.1, -0.05) is 66.5 Å². The molecule has 0 spiro atoms. The Balaban J connectivity index is 1.94. The number of nitrogens with zero attached hydrogens (tertiary/aromatic N) is 1. The summed E-state index contributed by atoms with van der Waals surface area (Å²) in [7, 11) is 2.71. The van der Waals surface area contributed by atoms with Crippen LogP contribution in [0.15, 0.2) is 66.2 Å². The smallest absolute Gasteiger partial charge is 0.338 e. The maximum absolute atomic E-state index is 13.5. The molecule has 1 aliphatic heterocycles. The van der Waals surface area contributed by atoms with E-state index in [-0.39, 0.29) is 50.5 Å². The molecule has 1 N–H and O–H groups in total. The number of anilines is 1. The van der Waals surface area contributed by atoms with Gasteiger partial charge in [0.25, 0.3) is 11.7 Å². The van der Waals surface area contributed by atoms with Crippen LogP contribution < -0.4 is 14.4 Å². The van der Waals surface area contributed by atoms with Crippen molar-refractivity contribution in [3.63, 3.8) is 0 Å². The molecule has 0 bridgehead atoms. The number of esters is 1. The largest absolute Gasteiger partial charge is 0.507 e. The Bertz CT molecular complexity index is 1470. The van der Waals surface area contributed by atoms with Crippen LogP contribution in [0.25, 0.3) is 5.76 Å². The molecular formula is C29H25Cl2NO7. The minimum Gasteiger partial charge on any atom is -0.507 e. The average Bonchev–Trinajstić information content (AvgIpc) is 3.21. The zero-order valence-electron chi connectivity index (χ0n) is 21.4. The second-order valence-electron chi connectivity index (χ2n) is 8.55. The van der Waals surface area contributed by atoms with Gasteiger partial charge in [-0.15, -0.1) is 0 Å². The summed E-state index contributed by atoms with van der Waals surface area (Å²) in [6.45, 7) is 2.12. The van der Waals surface area contributed by atoms with Gasteiger partial charge in [0.15, 0.2) is 11.5 Å². The minimum absolute atomic E-state index is 0.00382. The lowest BCUT2D eigenvalue weighted by Gasteiger charge is -2.26. The Labute approximate surface area is 235 Å². The van der Waals surface area contributed by atoms with Crippen LogP contribution in [0.4, 0.5) is 5.69 Å². The number of aliphatic hydroxyl groups is 1. The van der Waals surface area contributed by atoms with Crippen molar-refractivity contribution in [1.29, 1.82) is 0 Å². The van der Waals surface area contributed by atoms with Crippen LogP contribution in [0.2, 0.25) is 10.0 Å². The topological polar surface area (TPSA) is 102 Å². The van der Waals surface area contributed by atoms with E-state index in [1.807, 2.05) is 6.92 Å². The molecule has 0 saturated carbocycles. The van der Waals surface area contributed by atoms with Crippen LogP contribution in [-0.4, -0.2) is 43.6 Å². The van der Waals surface area contributed by atoms with Crippen LogP contribution in [0.1, 0.15) is 40.9 Å². The number of halogens is 2. The molecule has 1 aliphatic rings. The van der Waals surface area contributed by atoms with Crippen molar-refractivity contribution in [2.75, 3.05) is 25.7 Å². The number of carbonyl (C=O) groups is 3. The first-order chi connectivity index (χ1) is 18.7. The molecule has 8 nitrogen and oxygen atoms in total. The molecule has 0 aromatic heterocycles. The molecule has 0 aliphatic carbocycles. The molecule has 3 aromatic carbocycles. The zero-order chi connectivity index (χ0) is 28.3. The number of amides is 1. The molecule has 202 valence electrons. The van der Waals surface area contributed by atoms with Gasteiger partial charge in [-0.2, -0.15) is 0 Å². The highest BCUT2D eigenvalue weighted by molar-refractivity contribution is 6.52. The van der Waals surface area contributed by atoms with E-state index in [0.29, 0.717) is 12.0 Å². The summed E-state index contributed by atoms with van der Waals surface area (Å²) >= 11 is 12.8. The number of ketones is 1. The highest BCUT2D eigenvalue weighted by atomic mass is 35.5. The first-order valence-corrected chi connectivity index (χ1v) is 12.7. The number of rotatable bonds is 8. The van der Waals surface area contributed by atoms with Gasteiger partial charge in [0.05, 0.1) is 48.6 Å². The Morgan fingerprint density at radius 1 is 0.974 bits per heavy atom. The second-order valence-corrected chi connectivity index (χ2v) is 9.34. The second kappa shape index (κ2) is 11.8. The molecular weight excluding hydrogens is 545 g/mol. The fourth-order valence-electron chi connectivity index (χ4n) is 4.40. The third kappa shape index (κ3) is 5.17. The van der Waals surface area contributed by atoms with E-state index in [2.05, 4.69) is 0 Å². The zero-order valence-corrected chi connectivity index (χ0v) is 22.9. The fraction of sp³-hybridized carbons (Fsp3) is 0.207. The molecule has 1 unspecified atom stereocenters. The predicted molar refractivity (Wildman–Crippen MR) is 148 cm³/mol. The third-order valence-electron chi connectivity index (χ3n) is 6.15. The third-order valence-corrected chi connectivity index (χ3v) is 6.78. The Morgan fingerprint density at radius 2 is 1.67 bits per heavy atom. The molecule has 0 radical (unpaired) electrons. The molecule has 4 rings (SSSR count). The molecule has 1 amide bonds.